The molecule has 0 heterocycles. The van der Waals surface area contributed by atoms with Gasteiger partial charge in [0.1, 0.15) is 0 Å². The highest BCUT2D eigenvalue weighted by Crippen LogP contribution is 2.27. The molecule has 0 amide bonds. The maximum atomic E-state index is 5.89. The van der Waals surface area contributed by atoms with E-state index in [1.165, 1.54) is 12.8 Å². The average molecular weight is 191 g/mol. The molecule has 0 aromatic rings. The van der Waals surface area contributed by atoms with E-state index in [9.17, 15) is 0 Å². The highest BCUT2D eigenvalue weighted by molar-refractivity contribution is 6.18. The first kappa shape index (κ1) is 12.3. The van der Waals surface area contributed by atoms with Gasteiger partial charge in [-0.3, -0.25) is 0 Å². The van der Waals surface area contributed by atoms with Crippen LogP contribution in [0.15, 0.2) is 0 Å². The van der Waals surface area contributed by atoms with E-state index >= 15 is 0 Å². The Morgan fingerprint density at radius 1 is 1.17 bits per heavy atom. The molecule has 0 fully saturated rings. The zero-order valence-corrected chi connectivity index (χ0v) is 9.91. The lowest BCUT2D eigenvalue weighted by atomic mass is 9.84. The lowest BCUT2D eigenvalue weighted by Crippen LogP contribution is -2.14. The summed E-state index contributed by atoms with van der Waals surface area (Å²) in [5, 5.41) is 0. The Balaban J connectivity index is 3.73. The molecule has 0 aromatic heterocycles. The van der Waals surface area contributed by atoms with E-state index in [2.05, 4.69) is 34.6 Å². The summed E-state index contributed by atoms with van der Waals surface area (Å²) >= 11 is 5.89. The number of alkyl halides is 1. The third-order valence-electron chi connectivity index (χ3n) is 2.41. The van der Waals surface area contributed by atoms with Gasteiger partial charge in [-0.15, -0.1) is 11.6 Å². The van der Waals surface area contributed by atoms with Crippen molar-refractivity contribution in [3.05, 3.63) is 0 Å². The van der Waals surface area contributed by atoms with Crippen molar-refractivity contribution in [1.29, 1.82) is 0 Å². The van der Waals surface area contributed by atoms with Gasteiger partial charge in [-0.2, -0.15) is 0 Å². The normalized spacial score (nSPS) is 15.2. The molecule has 1 unspecified atom stereocenters. The van der Waals surface area contributed by atoms with Gasteiger partial charge < -0.3 is 0 Å². The first-order valence-electron chi connectivity index (χ1n) is 4.93. The van der Waals surface area contributed by atoms with Crippen LogP contribution in [-0.4, -0.2) is 5.88 Å². The molecule has 0 aliphatic carbocycles. The highest BCUT2D eigenvalue weighted by atomic mass is 35.5. The molecule has 0 aliphatic rings. The second kappa shape index (κ2) is 5.11. The van der Waals surface area contributed by atoms with Crippen LogP contribution in [0, 0.1) is 17.3 Å². The minimum absolute atomic E-state index is 0.458. The van der Waals surface area contributed by atoms with E-state index in [-0.39, 0.29) is 0 Å². The van der Waals surface area contributed by atoms with Crippen molar-refractivity contribution in [3.63, 3.8) is 0 Å². The summed E-state index contributed by atoms with van der Waals surface area (Å²) < 4.78 is 0. The summed E-state index contributed by atoms with van der Waals surface area (Å²) in [6.45, 7) is 11.4. The summed E-state index contributed by atoms with van der Waals surface area (Å²) in [4.78, 5) is 0. The van der Waals surface area contributed by atoms with Crippen LogP contribution in [0.25, 0.3) is 0 Å². The molecular weight excluding hydrogens is 168 g/mol. The van der Waals surface area contributed by atoms with Crippen LogP contribution < -0.4 is 0 Å². The van der Waals surface area contributed by atoms with Crippen LogP contribution >= 0.6 is 11.6 Å². The second-order valence-corrected chi connectivity index (χ2v) is 5.57. The topological polar surface area (TPSA) is 0 Å². The van der Waals surface area contributed by atoms with E-state index in [0.717, 1.165) is 11.8 Å². The van der Waals surface area contributed by atoms with Crippen molar-refractivity contribution in [3.8, 4) is 0 Å². The van der Waals surface area contributed by atoms with Crippen molar-refractivity contribution < 1.29 is 0 Å². The largest absolute Gasteiger partial charge is 0.126 e. The van der Waals surface area contributed by atoms with Crippen LogP contribution in [-0.2, 0) is 0 Å². The Kier molecular flexibility index (Phi) is 5.24. The number of hydrogen-bond acceptors (Lipinski definition) is 0. The van der Waals surface area contributed by atoms with E-state index in [0.29, 0.717) is 11.3 Å². The van der Waals surface area contributed by atoms with Gasteiger partial charge in [-0.05, 0) is 30.1 Å². The van der Waals surface area contributed by atoms with Crippen LogP contribution in [0.3, 0.4) is 0 Å². The van der Waals surface area contributed by atoms with Crippen molar-refractivity contribution >= 4 is 11.6 Å². The third-order valence-corrected chi connectivity index (χ3v) is 2.80. The molecule has 74 valence electrons. The van der Waals surface area contributed by atoms with Crippen LogP contribution in [0.5, 0.6) is 0 Å². The fraction of sp³-hybridized carbons (Fsp3) is 1.00. The molecule has 0 spiro atoms. The minimum Gasteiger partial charge on any atom is -0.126 e. The average Bonchev–Trinajstić information content (AvgIpc) is 1.85. The van der Waals surface area contributed by atoms with Gasteiger partial charge in [0, 0.05) is 5.88 Å². The lowest BCUT2D eigenvalue weighted by molar-refractivity contribution is 0.296. The quantitative estimate of drug-likeness (QED) is 0.580. The molecule has 1 atom stereocenters. The zero-order chi connectivity index (χ0) is 9.78. The monoisotopic (exact) mass is 190 g/mol. The summed E-state index contributed by atoms with van der Waals surface area (Å²) in [5.41, 5.74) is 0.458. The summed E-state index contributed by atoms with van der Waals surface area (Å²) in [7, 11) is 0. The predicted molar refractivity (Wildman–Crippen MR) is 57.7 cm³/mol. The molecule has 0 radical (unpaired) electrons. The minimum atomic E-state index is 0.458. The second-order valence-electron chi connectivity index (χ2n) is 5.26. The van der Waals surface area contributed by atoms with Crippen molar-refractivity contribution in [2.75, 3.05) is 5.88 Å². The summed E-state index contributed by atoms with van der Waals surface area (Å²) in [5.74, 6) is 2.24. The molecule has 0 nitrogen and oxygen atoms in total. The Hall–Kier alpha value is 0.290. The predicted octanol–water partition coefficient (Wildman–Crippen LogP) is 4.32. The standard InChI is InChI=1S/C11H23Cl/c1-9(2)10(8-12)6-7-11(3,4)5/h9-10H,6-8H2,1-5H3. The smallest absolute Gasteiger partial charge is 0.0254 e. The van der Waals surface area contributed by atoms with Crippen LogP contribution in [0.4, 0.5) is 0 Å². The molecule has 0 aromatic carbocycles. The molecule has 0 N–H and O–H groups in total. The SMILES string of the molecule is CC(C)C(CCl)CCC(C)(C)C. The first-order valence-corrected chi connectivity index (χ1v) is 5.46. The van der Waals surface area contributed by atoms with Gasteiger partial charge in [0.25, 0.3) is 0 Å². The molecule has 12 heavy (non-hydrogen) atoms. The van der Waals surface area contributed by atoms with Gasteiger partial charge in [0.15, 0.2) is 0 Å². The fourth-order valence-electron chi connectivity index (χ4n) is 1.21. The third kappa shape index (κ3) is 5.88. The summed E-state index contributed by atoms with van der Waals surface area (Å²) in [6, 6.07) is 0. The van der Waals surface area contributed by atoms with Gasteiger partial charge in [0.2, 0.25) is 0 Å². The first-order chi connectivity index (χ1) is 5.37. The van der Waals surface area contributed by atoms with Gasteiger partial charge in [-0.25, -0.2) is 0 Å². The van der Waals surface area contributed by atoms with Crippen LogP contribution in [0.2, 0.25) is 0 Å². The van der Waals surface area contributed by atoms with E-state index < -0.39 is 0 Å². The number of rotatable bonds is 4. The number of halogens is 1. The Labute approximate surface area is 82.7 Å². The molecular formula is C11H23Cl. The molecule has 0 saturated heterocycles. The van der Waals surface area contributed by atoms with E-state index in [1.54, 1.807) is 0 Å². The van der Waals surface area contributed by atoms with Crippen LogP contribution in [0.1, 0.15) is 47.5 Å². The number of hydrogen-bond donors (Lipinski definition) is 0. The lowest BCUT2D eigenvalue weighted by Gasteiger charge is -2.23. The molecule has 0 saturated carbocycles. The fourth-order valence-corrected chi connectivity index (χ4v) is 1.72. The maximum Gasteiger partial charge on any atom is 0.0254 e. The Morgan fingerprint density at radius 3 is 1.92 bits per heavy atom. The molecule has 1 heteroatoms. The van der Waals surface area contributed by atoms with Gasteiger partial charge in [-0.1, -0.05) is 34.6 Å². The Morgan fingerprint density at radius 2 is 1.67 bits per heavy atom. The molecule has 0 rings (SSSR count). The maximum absolute atomic E-state index is 5.89. The van der Waals surface area contributed by atoms with E-state index in [1.807, 2.05) is 0 Å². The zero-order valence-electron chi connectivity index (χ0n) is 9.15. The highest BCUT2D eigenvalue weighted by Gasteiger charge is 2.16. The van der Waals surface area contributed by atoms with Crippen molar-refractivity contribution in [2.24, 2.45) is 17.3 Å². The molecule has 0 bridgehead atoms. The van der Waals surface area contributed by atoms with Gasteiger partial charge >= 0.3 is 0 Å². The molecule has 0 aliphatic heterocycles. The van der Waals surface area contributed by atoms with Gasteiger partial charge in [0.05, 0.1) is 0 Å². The summed E-state index contributed by atoms with van der Waals surface area (Å²) in [6.07, 6.45) is 2.55. The Bertz CT molecular complexity index is 111. The van der Waals surface area contributed by atoms with E-state index in [4.69, 9.17) is 11.6 Å². The van der Waals surface area contributed by atoms with Crippen molar-refractivity contribution in [1.82, 2.24) is 0 Å². The van der Waals surface area contributed by atoms with Crippen molar-refractivity contribution in [2.45, 2.75) is 47.5 Å².